The number of halogens is 2. The molecule has 1 aliphatic carbocycles. The molecular formula is C22H31Cl2N5. The first-order chi connectivity index (χ1) is 13.6. The second kappa shape index (κ2) is 8.75. The summed E-state index contributed by atoms with van der Waals surface area (Å²) >= 11 is 12.4. The van der Waals surface area contributed by atoms with Crippen LogP contribution in [0, 0.1) is 5.41 Å². The average Bonchev–Trinajstić information content (AvgIpc) is 3.12. The Hall–Kier alpha value is -1.43. The molecule has 0 unspecified atom stereocenters. The number of hydrogen-bond acceptors (Lipinski definition) is 4. The Morgan fingerprint density at radius 3 is 2.41 bits per heavy atom. The van der Waals surface area contributed by atoms with Crippen LogP contribution in [0.15, 0.2) is 24.3 Å². The molecule has 2 aromatic rings. The minimum atomic E-state index is -0.128. The molecule has 0 amide bonds. The van der Waals surface area contributed by atoms with E-state index in [0.717, 1.165) is 24.2 Å². The summed E-state index contributed by atoms with van der Waals surface area (Å²) in [5, 5.41) is 14.4. The molecule has 1 saturated carbocycles. The van der Waals surface area contributed by atoms with Crippen molar-refractivity contribution in [3.05, 3.63) is 45.7 Å². The van der Waals surface area contributed by atoms with E-state index in [-0.39, 0.29) is 17.0 Å². The highest BCUT2D eigenvalue weighted by Crippen LogP contribution is 2.42. The van der Waals surface area contributed by atoms with Gasteiger partial charge in [-0.1, -0.05) is 81.5 Å². The zero-order chi connectivity index (χ0) is 21.2. The van der Waals surface area contributed by atoms with Crippen molar-refractivity contribution in [2.75, 3.05) is 14.1 Å². The fourth-order valence-corrected chi connectivity index (χ4v) is 4.73. The van der Waals surface area contributed by atoms with Crippen LogP contribution in [0.4, 0.5) is 0 Å². The van der Waals surface area contributed by atoms with Crippen LogP contribution in [-0.2, 0) is 5.54 Å². The second-order valence-corrected chi connectivity index (χ2v) is 10.1. The fraction of sp³-hybridized carbons (Fsp3) is 0.591. The predicted octanol–water partition coefficient (Wildman–Crippen LogP) is 6.00. The van der Waals surface area contributed by atoms with E-state index in [1.54, 1.807) is 6.07 Å². The minimum Gasteiger partial charge on any atom is -0.297 e. The highest BCUT2D eigenvalue weighted by Gasteiger charge is 2.42. The van der Waals surface area contributed by atoms with Crippen molar-refractivity contribution in [1.29, 1.82) is 0 Å². The first-order valence-corrected chi connectivity index (χ1v) is 11.0. The van der Waals surface area contributed by atoms with Crippen LogP contribution in [0.25, 0.3) is 6.08 Å². The molecule has 5 nitrogen and oxygen atoms in total. The smallest absolute Gasteiger partial charge is 0.172 e. The molecule has 1 aromatic carbocycles. The van der Waals surface area contributed by atoms with Gasteiger partial charge in [0.2, 0.25) is 0 Å². The Kier molecular flexibility index (Phi) is 6.71. The largest absolute Gasteiger partial charge is 0.297 e. The quantitative estimate of drug-likeness (QED) is 0.577. The molecule has 7 heteroatoms. The normalized spacial score (nSPS) is 18.5. The van der Waals surface area contributed by atoms with Crippen molar-refractivity contribution in [3.63, 3.8) is 0 Å². The highest BCUT2D eigenvalue weighted by molar-refractivity contribution is 6.35. The zero-order valence-corrected chi connectivity index (χ0v) is 19.5. The van der Waals surface area contributed by atoms with Gasteiger partial charge in [0.1, 0.15) is 0 Å². The van der Waals surface area contributed by atoms with Gasteiger partial charge in [-0.25, -0.2) is 4.68 Å². The fourth-order valence-electron chi connectivity index (χ4n) is 4.26. The molecule has 0 bridgehead atoms. The van der Waals surface area contributed by atoms with E-state index in [2.05, 4.69) is 61.4 Å². The Labute approximate surface area is 184 Å². The topological polar surface area (TPSA) is 46.8 Å². The molecule has 3 rings (SSSR count). The van der Waals surface area contributed by atoms with Gasteiger partial charge in [0.25, 0.3) is 0 Å². The lowest BCUT2D eigenvalue weighted by Gasteiger charge is -2.43. The van der Waals surface area contributed by atoms with Gasteiger partial charge >= 0.3 is 0 Å². The number of hydrogen-bond donors (Lipinski definition) is 0. The molecule has 0 N–H and O–H groups in total. The van der Waals surface area contributed by atoms with Gasteiger partial charge in [0, 0.05) is 10.0 Å². The van der Waals surface area contributed by atoms with Gasteiger partial charge < -0.3 is 0 Å². The molecular weight excluding hydrogens is 405 g/mol. The Morgan fingerprint density at radius 2 is 1.83 bits per heavy atom. The highest BCUT2D eigenvalue weighted by atomic mass is 35.5. The standard InChI is InChI=1S/C22H31Cl2N5/c1-21(2,3)19(12-10-16-9-11-17(23)15-18(16)24)29-20(25-26-27-29)22(28(4)5)13-7-6-8-14-22/h9-12,15,19H,6-8,13-14H2,1-5H3/t19-/m0/s1. The van der Waals surface area contributed by atoms with Crippen LogP contribution in [0.1, 0.15) is 70.3 Å². The molecule has 1 atom stereocenters. The Morgan fingerprint density at radius 1 is 1.14 bits per heavy atom. The summed E-state index contributed by atoms with van der Waals surface area (Å²) < 4.78 is 2.02. The van der Waals surface area contributed by atoms with Crippen LogP contribution in [0.3, 0.4) is 0 Å². The van der Waals surface area contributed by atoms with E-state index in [1.165, 1.54) is 19.3 Å². The predicted molar refractivity (Wildman–Crippen MR) is 120 cm³/mol. The third-order valence-corrected chi connectivity index (χ3v) is 6.58. The number of benzene rings is 1. The van der Waals surface area contributed by atoms with E-state index in [1.807, 2.05) is 22.9 Å². The zero-order valence-electron chi connectivity index (χ0n) is 18.0. The number of nitrogens with zero attached hydrogens (tertiary/aromatic N) is 5. The van der Waals surface area contributed by atoms with Crippen molar-refractivity contribution in [3.8, 4) is 0 Å². The van der Waals surface area contributed by atoms with Gasteiger partial charge in [0.15, 0.2) is 5.82 Å². The summed E-state index contributed by atoms with van der Waals surface area (Å²) in [6.45, 7) is 6.63. The number of allylic oxidation sites excluding steroid dienone is 1. The first kappa shape index (κ1) is 22.3. The van der Waals surface area contributed by atoms with E-state index in [9.17, 15) is 0 Å². The van der Waals surface area contributed by atoms with Crippen LogP contribution >= 0.6 is 23.2 Å². The van der Waals surface area contributed by atoms with Crippen LogP contribution in [0.2, 0.25) is 10.0 Å². The van der Waals surface area contributed by atoms with Gasteiger partial charge in [-0.2, -0.15) is 0 Å². The lowest BCUT2D eigenvalue weighted by molar-refractivity contribution is 0.0783. The first-order valence-electron chi connectivity index (χ1n) is 10.2. The summed E-state index contributed by atoms with van der Waals surface area (Å²) in [5.74, 6) is 0.953. The van der Waals surface area contributed by atoms with E-state index < -0.39 is 0 Å². The molecule has 158 valence electrons. The maximum atomic E-state index is 6.38. The lowest BCUT2D eigenvalue weighted by Crippen LogP contribution is -2.46. The molecule has 1 fully saturated rings. The average molecular weight is 436 g/mol. The maximum Gasteiger partial charge on any atom is 0.172 e. The van der Waals surface area contributed by atoms with Gasteiger partial charge in [-0.3, -0.25) is 4.90 Å². The molecule has 0 saturated heterocycles. The van der Waals surface area contributed by atoms with Gasteiger partial charge in [-0.15, -0.1) is 5.10 Å². The second-order valence-electron chi connectivity index (χ2n) is 9.27. The molecule has 0 radical (unpaired) electrons. The van der Waals surface area contributed by atoms with Crippen LogP contribution in [0.5, 0.6) is 0 Å². The summed E-state index contributed by atoms with van der Waals surface area (Å²) in [4.78, 5) is 2.30. The van der Waals surface area contributed by atoms with E-state index in [4.69, 9.17) is 23.2 Å². The van der Waals surface area contributed by atoms with Crippen molar-refractivity contribution in [2.24, 2.45) is 5.41 Å². The Balaban J connectivity index is 2.03. The monoisotopic (exact) mass is 435 g/mol. The van der Waals surface area contributed by atoms with Crippen LogP contribution in [-0.4, -0.2) is 39.2 Å². The van der Waals surface area contributed by atoms with E-state index >= 15 is 0 Å². The van der Waals surface area contributed by atoms with Crippen LogP contribution < -0.4 is 0 Å². The van der Waals surface area contributed by atoms with Crippen molar-refractivity contribution >= 4 is 29.3 Å². The van der Waals surface area contributed by atoms with Crippen molar-refractivity contribution in [1.82, 2.24) is 25.1 Å². The van der Waals surface area contributed by atoms with Crippen molar-refractivity contribution in [2.45, 2.75) is 64.5 Å². The molecule has 1 heterocycles. The third-order valence-electron chi connectivity index (χ3n) is 6.02. The summed E-state index contributed by atoms with van der Waals surface area (Å²) in [6.07, 6.45) is 10.0. The van der Waals surface area contributed by atoms with Gasteiger partial charge in [-0.05, 0) is 60.5 Å². The number of aromatic nitrogens is 4. The molecule has 1 aliphatic rings. The number of rotatable bonds is 5. The van der Waals surface area contributed by atoms with Gasteiger partial charge in [0.05, 0.1) is 11.6 Å². The molecule has 1 aromatic heterocycles. The minimum absolute atomic E-state index is 0.0157. The van der Waals surface area contributed by atoms with Crippen molar-refractivity contribution < 1.29 is 0 Å². The summed E-state index contributed by atoms with van der Waals surface area (Å²) in [5.41, 5.74) is 0.721. The SMILES string of the molecule is CN(C)C1(c2nnnn2[C@@H](C=Cc2ccc(Cl)cc2Cl)C(C)(C)C)CCCCC1. The lowest BCUT2D eigenvalue weighted by atomic mass is 9.79. The number of tetrazole rings is 1. The molecule has 0 spiro atoms. The Bertz CT molecular complexity index is 860. The third kappa shape index (κ3) is 4.68. The summed E-state index contributed by atoms with van der Waals surface area (Å²) in [6, 6.07) is 5.53. The summed E-state index contributed by atoms with van der Waals surface area (Å²) in [7, 11) is 4.28. The van der Waals surface area contributed by atoms with E-state index in [0.29, 0.717) is 10.0 Å². The molecule has 0 aliphatic heterocycles. The maximum absolute atomic E-state index is 6.38. The molecule has 29 heavy (non-hydrogen) atoms.